The second kappa shape index (κ2) is 6.10. The highest BCUT2D eigenvalue weighted by Gasteiger charge is 2.29. The van der Waals surface area contributed by atoms with Crippen LogP contribution in [0.4, 0.5) is 0 Å². The van der Waals surface area contributed by atoms with Crippen molar-refractivity contribution in [2.24, 2.45) is 0 Å². The van der Waals surface area contributed by atoms with Gasteiger partial charge in [0.25, 0.3) is 5.91 Å². The van der Waals surface area contributed by atoms with Crippen LogP contribution < -0.4 is 5.32 Å². The summed E-state index contributed by atoms with van der Waals surface area (Å²) in [6, 6.07) is 2.97. The molecule has 0 aliphatic heterocycles. The van der Waals surface area contributed by atoms with E-state index in [2.05, 4.69) is 10.3 Å². The molecule has 7 heteroatoms. The normalized spacial score (nSPS) is 23.3. The first kappa shape index (κ1) is 15.3. The first-order chi connectivity index (χ1) is 9.36. The fourth-order valence-electron chi connectivity index (χ4n) is 2.48. The number of carbonyl (C=O) groups excluding carboxylic acids is 1. The molecule has 0 spiro atoms. The third-order valence-electron chi connectivity index (χ3n) is 3.56. The summed E-state index contributed by atoms with van der Waals surface area (Å²) in [5.74, 6) is -0.242. The molecule has 1 aliphatic rings. The van der Waals surface area contributed by atoms with Crippen molar-refractivity contribution in [1.29, 1.82) is 0 Å². The Morgan fingerprint density at radius 3 is 2.85 bits per heavy atom. The molecule has 0 bridgehead atoms. The molecule has 1 fully saturated rings. The van der Waals surface area contributed by atoms with E-state index in [0.29, 0.717) is 18.4 Å². The van der Waals surface area contributed by atoms with Crippen LogP contribution in [0.1, 0.15) is 36.0 Å². The van der Waals surface area contributed by atoms with Gasteiger partial charge in [0.15, 0.2) is 0 Å². The standard InChI is InChI=1S/C13H17ClN2O3S/c1-20(18,19)11-4-2-3-10(8-11)16-13(17)9-5-6-15-12(14)7-9/h5-7,10-11H,2-4,8H2,1H3,(H,16,17)/t10-,11-/m1/s1. The van der Waals surface area contributed by atoms with E-state index >= 15 is 0 Å². The van der Waals surface area contributed by atoms with Gasteiger partial charge < -0.3 is 5.32 Å². The lowest BCUT2D eigenvalue weighted by Crippen LogP contribution is -2.41. The summed E-state index contributed by atoms with van der Waals surface area (Å²) < 4.78 is 23.2. The number of amides is 1. The molecular weight excluding hydrogens is 300 g/mol. The predicted octanol–water partition coefficient (Wildman–Crippen LogP) is 1.82. The minimum atomic E-state index is -3.05. The van der Waals surface area contributed by atoms with Crippen LogP contribution in [0.15, 0.2) is 18.3 Å². The van der Waals surface area contributed by atoms with Crippen molar-refractivity contribution < 1.29 is 13.2 Å². The average molecular weight is 317 g/mol. The van der Waals surface area contributed by atoms with E-state index in [1.807, 2.05) is 0 Å². The molecule has 1 heterocycles. The largest absolute Gasteiger partial charge is 0.349 e. The fraction of sp³-hybridized carbons (Fsp3) is 0.538. The quantitative estimate of drug-likeness (QED) is 0.863. The van der Waals surface area contributed by atoms with Crippen LogP contribution in [0.3, 0.4) is 0 Å². The van der Waals surface area contributed by atoms with Gasteiger partial charge in [-0.2, -0.15) is 0 Å². The van der Waals surface area contributed by atoms with E-state index in [1.54, 1.807) is 6.07 Å². The number of rotatable bonds is 3. The minimum Gasteiger partial charge on any atom is -0.349 e. The number of pyridine rings is 1. The molecule has 1 saturated carbocycles. The molecule has 0 aromatic carbocycles. The Kier molecular flexibility index (Phi) is 4.65. The summed E-state index contributed by atoms with van der Waals surface area (Å²) >= 11 is 5.74. The average Bonchev–Trinajstić information content (AvgIpc) is 2.38. The maximum absolute atomic E-state index is 12.1. The van der Waals surface area contributed by atoms with E-state index in [0.717, 1.165) is 12.8 Å². The van der Waals surface area contributed by atoms with Gasteiger partial charge in [-0.15, -0.1) is 0 Å². The van der Waals surface area contributed by atoms with E-state index in [-0.39, 0.29) is 22.4 Å². The third kappa shape index (κ3) is 3.93. The van der Waals surface area contributed by atoms with Crippen molar-refractivity contribution in [2.75, 3.05) is 6.26 Å². The number of hydrogen-bond acceptors (Lipinski definition) is 4. The van der Waals surface area contributed by atoms with Crippen molar-refractivity contribution in [3.63, 3.8) is 0 Å². The van der Waals surface area contributed by atoms with Crippen LogP contribution in [-0.2, 0) is 9.84 Å². The Bertz CT molecular complexity index is 603. The maximum atomic E-state index is 12.1. The smallest absolute Gasteiger partial charge is 0.251 e. The van der Waals surface area contributed by atoms with Gasteiger partial charge in [0, 0.05) is 24.1 Å². The molecule has 2 atom stereocenters. The van der Waals surface area contributed by atoms with Crippen molar-refractivity contribution >= 4 is 27.3 Å². The zero-order chi connectivity index (χ0) is 14.8. The fourth-order valence-corrected chi connectivity index (χ4v) is 3.83. The third-order valence-corrected chi connectivity index (χ3v) is 5.40. The first-order valence-electron chi connectivity index (χ1n) is 6.47. The molecule has 2 rings (SSSR count). The lowest BCUT2D eigenvalue weighted by molar-refractivity contribution is 0.0928. The zero-order valence-electron chi connectivity index (χ0n) is 11.2. The molecule has 1 amide bonds. The molecule has 1 aromatic rings. The number of carbonyl (C=O) groups is 1. The number of halogens is 1. The Morgan fingerprint density at radius 2 is 2.20 bits per heavy atom. The van der Waals surface area contributed by atoms with Crippen LogP contribution in [0, 0.1) is 0 Å². The van der Waals surface area contributed by atoms with Gasteiger partial charge >= 0.3 is 0 Å². The first-order valence-corrected chi connectivity index (χ1v) is 8.81. The van der Waals surface area contributed by atoms with Gasteiger partial charge in [-0.05, 0) is 31.4 Å². The lowest BCUT2D eigenvalue weighted by Gasteiger charge is -2.28. The van der Waals surface area contributed by atoms with Crippen molar-refractivity contribution in [2.45, 2.75) is 37.0 Å². The Labute approximate surface area is 123 Å². The SMILES string of the molecule is CS(=O)(=O)[C@@H]1CCC[C@@H](NC(=O)c2ccnc(Cl)c2)C1. The summed E-state index contributed by atoms with van der Waals surface area (Å²) in [5, 5.41) is 2.78. The number of hydrogen-bond donors (Lipinski definition) is 1. The molecule has 1 aromatic heterocycles. The number of nitrogens with zero attached hydrogens (tertiary/aromatic N) is 1. The van der Waals surface area contributed by atoms with Crippen LogP contribution in [0.2, 0.25) is 5.15 Å². The Morgan fingerprint density at radius 1 is 1.45 bits per heavy atom. The summed E-state index contributed by atoms with van der Waals surface area (Å²) in [6.45, 7) is 0. The highest BCUT2D eigenvalue weighted by atomic mass is 35.5. The second-order valence-corrected chi connectivity index (χ2v) is 7.87. The molecule has 5 nitrogen and oxygen atoms in total. The highest BCUT2D eigenvalue weighted by Crippen LogP contribution is 2.24. The summed E-state index contributed by atoms with van der Waals surface area (Å²) in [6.07, 6.45) is 5.48. The summed E-state index contributed by atoms with van der Waals surface area (Å²) in [4.78, 5) is 15.9. The van der Waals surface area contributed by atoms with Crippen LogP contribution in [0.5, 0.6) is 0 Å². The van der Waals surface area contributed by atoms with Gasteiger partial charge in [-0.25, -0.2) is 13.4 Å². The minimum absolute atomic E-state index is 0.108. The van der Waals surface area contributed by atoms with Gasteiger partial charge in [0.2, 0.25) is 0 Å². The molecule has 1 N–H and O–H groups in total. The topological polar surface area (TPSA) is 76.1 Å². The van der Waals surface area contributed by atoms with Crippen LogP contribution in [-0.4, -0.2) is 36.9 Å². The zero-order valence-corrected chi connectivity index (χ0v) is 12.7. The summed E-state index contributed by atoms with van der Waals surface area (Å²) in [7, 11) is -3.05. The van der Waals surface area contributed by atoms with Gasteiger partial charge in [-0.1, -0.05) is 18.0 Å². The van der Waals surface area contributed by atoms with E-state index < -0.39 is 9.84 Å². The summed E-state index contributed by atoms with van der Waals surface area (Å²) in [5.41, 5.74) is 0.437. The molecule has 0 unspecified atom stereocenters. The molecule has 0 saturated heterocycles. The Balaban J connectivity index is 2.01. The van der Waals surface area contributed by atoms with Crippen molar-refractivity contribution in [3.05, 3.63) is 29.0 Å². The van der Waals surface area contributed by atoms with Crippen LogP contribution in [0.25, 0.3) is 0 Å². The van der Waals surface area contributed by atoms with Gasteiger partial charge in [-0.3, -0.25) is 4.79 Å². The molecule has 110 valence electrons. The highest BCUT2D eigenvalue weighted by molar-refractivity contribution is 7.91. The van der Waals surface area contributed by atoms with Gasteiger partial charge in [0.05, 0.1) is 5.25 Å². The van der Waals surface area contributed by atoms with Crippen molar-refractivity contribution in [3.8, 4) is 0 Å². The van der Waals surface area contributed by atoms with E-state index in [4.69, 9.17) is 11.6 Å². The number of sulfone groups is 1. The molecule has 0 radical (unpaired) electrons. The molecule has 20 heavy (non-hydrogen) atoms. The lowest BCUT2D eigenvalue weighted by atomic mass is 9.94. The number of nitrogens with one attached hydrogen (secondary N) is 1. The van der Waals surface area contributed by atoms with E-state index in [9.17, 15) is 13.2 Å². The monoisotopic (exact) mass is 316 g/mol. The number of aromatic nitrogens is 1. The van der Waals surface area contributed by atoms with E-state index in [1.165, 1.54) is 18.5 Å². The van der Waals surface area contributed by atoms with Crippen molar-refractivity contribution in [1.82, 2.24) is 10.3 Å². The second-order valence-electron chi connectivity index (χ2n) is 5.16. The molecule has 1 aliphatic carbocycles. The van der Waals surface area contributed by atoms with Gasteiger partial charge in [0.1, 0.15) is 15.0 Å². The van der Waals surface area contributed by atoms with Crippen LogP contribution >= 0.6 is 11.6 Å². The molecular formula is C13H17ClN2O3S. The Hall–Kier alpha value is -1.14. The predicted molar refractivity (Wildman–Crippen MR) is 77.6 cm³/mol. The maximum Gasteiger partial charge on any atom is 0.251 e.